The first-order valence-corrected chi connectivity index (χ1v) is 11.1. The van der Waals surface area contributed by atoms with Crippen molar-refractivity contribution in [3.63, 3.8) is 0 Å². The van der Waals surface area contributed by atoms with Crippen LogP contribution in [0.1, 0.15) is 22.3 Å². The van der Waals surface area contributed by atoms with Crippen molar-refractivity contribution in [3.05, 3.63) is 74.7 Å². The number of thiazole rings is 1. The fraction of sp³-hybridized carbons (Fsp3) is 0.238. The summed E-state index contributed by atoms with van der Waals surface area (Å²) in [6.45, 7) is 2.27. The van der Waals surface area contributed by atoms with Gasteiger partial charge in [-0.25, -0.2) is 4.98 Å². The third kappa shape index (κ3) is 2.95. The first-order valence-electron chi connectivity index (χ1n) is 9.09. The van der Waals surface area contributed by atoms with Gasteiger partial charge in [0, 0.05) is 40.8 Å². The van der Waals surface area contributed by atoms with Crippen molar-refractivity contribution in [2.24, 2.45) is 0 Å². The van der Waals surface area contributed by atoms with Crippen LogP contribution < -0.4 is 4.90 Å². The Morgan fingerprint density at radius 1 is 1.18 bits per heavy atom. The predicted molar refractivity (Wildman–Crippen MR) is 117 cm³/mol. The van der Waals surface area contributed by atoms with Gasteiger partial charge in [0.1, 0.15) is 4.34 Å². The molecule has 28 heavy (non-hydrogen) atoms. The number of anilines is 2. The van der Waals surface area contributed by atoms with Gasteiger partial charge in [0.2, 0.25) is 0 Å². The fourth-order valence-electron chi connectivity index (χ4n) is 4.34. The second kappa shape index (κ2) is 6.87. The van der Waals surface area contributed by atoms with Crippen LogP contribution in [0.25, 0.3) is 0 Å². The van der Waals surface area contributed by atoms with Gasteiger partial charge in [-0.15, -0.1) is 0 Å². The summed E-state index contributed by atoms with van der Waals surface area (Å²) in [5.74, 6) is 0.102. The molecule has 0 N–H and O–H groups in total. The molecule has 1 aromatic heterocycles. The molecule has 1 unspecified atom stereocenters. The quantitative estimate of drug-likeness (QED) is 0.492. The normalized spacial score (nSPS) is 20.8. The Morgan fingerprint density at radius 3 is 2.75 bits per heavy atom. The summed E-state index contributed by atoms with van der Waals surface area (Å²) in [6, 6.07) is 15.9. The summed E-state index contributed by atoms with van der Waals surface area (Å²) in [7, 11) is 0. The highest BCUT2D eigenvalue weighted by Gasteiger charge is 2.49. The van der Waals surface area contributed by atoms with Gasteiger partial charge in [0.25, 0.3) is 5.91 Å². The highest BCUT2D eigenvalue weighted by Crippen LogP contribution is 2.50. The molecule has 0 bridgehead atoms. The third-order valence-electron chi connectivity index (χ3n) is 5.64. The van der Waals surface area contributed by atoms with E-state index in [0.717, 1.165) is 40.4 Å². The minimum absolute atomic E-state index is 0.0955. The number of likely N-dealkylation sites (tertiary alicyclic amines) is 1. The Labute approximate surface area is 180 Å². The molecule has 4 nitrogen and oxygen atoms in total. The van der Waals surface area contributed by atoms with Crippen molar-refractivity contribution in [1.82, 2.24) is 9.88 Å². The molecule has 2 aliphatic rings. The molecule has 1 fully saturated rings. The maximum Gasteiger partial charge on any atom is 0.253 e. The van der Waals surface area contributed by atoms with Crippen molar-refractivity contribution in [2.45, 2.75) is 11.8 Å². The summed E-state index contributed by atoms with van der Waals surface area (Å²) in [5, 5.41) is 0.901. The van der Waals surface area contributed by atoms with Crippen LogP contribution in [0.5, 0.6) is 0 Å². The van der Waals surface area contributed by atoms with E-state index in [1.165, 1.54) is 16.9 Å². The molecular formula is C21H17BrClN3OS. The number of hydrogen-bond donors (Lipinski definition) is 0. The van der Waals surface area contributed by atoms with Gasteiger partial charge in [-0.3, -0.25) is 4.79 Å². The Kier molecular flexibility index (Phi) is 4.45. The van der Waals surface area contributed by atoms with Crippen LogP contribution in [0, 0.1) is 0 Å². The summed E-state index contributed by atoms with van der Waals surface area (Å²) in [5.41, 5.74) is 3.08. The number of amides is 1. The number of carbonyl (C=O) groups is 1. The van der Waals surface area contributed by atoms with E-state index >= 15 is 0 Å². The number of halogens is 2. The first-order chi connectivity index (χ1) is 13.6. The summed E-state index contributed by atoms with van der Waals surface area (Å²) in [4.78, 5) is 21.7. The topological polar surface area (TPSA) is 36.4 Å². The van der Waals surface area contributed by atoms with E-state index in [1.807, 2.05) is 35.2 Å². The van der Waals surface area contributed by atoms with Crippen LogP contribution in [0.3, 0.4) is 0 Å². The number of nitrogens with zero attached hydrogens (tertiary/aromatic N) is 3. The Hall–Kier alpha value is -1.89. The summed E-state index contributed by atoms with van der Waals surface area (Å²) >= 11 is 11.3. The van der Waals surface area contributed by atoms with Crippen LogP contribution in [0.2, 0.25) is 4.34 Å². The maximum atomic E-state index is 13.0. The van der Waals surface area contributed by atoms with E-state index in [-0.39, 0.29) is 11.3 Å². The molecule has 2 aliphatic heterocycles. The molecule has 0 radical (unpaired) electrons. The molecule has 5 rings (SSSR count). The molecule has 1 saturated heterocycles. The average Bonchev–Trinajstić information content (AvgIpc) is 3.41. The van der Waals surface area contributed by atoms with Crippen molar-refractivity contribution in [2.75, 3.05) is 24.5 Å². The molecule has 3 heterocycles. The van der Waals surface area contributed by atoms with Crippen molar-refractivity contribution >= 4 is 55.6 Å². The molecule has 0 saturated carbocycles. The van der Waals surface area contributed by atoms with E-state index in [1.54, 1.807) is 6.20 Å². The van der Waals surface area contributed by atoms with E-state index in [0.29, 0.717) is 10.9 Å². The lowest BCUT2D eigenvalue weighted by Crippen LogP contribution is -2.37. The lowest BCUT2D eigenvalue weighted by Gasteiger charge is -2.25. The molecule has 1 amide bonds. The van der Waals surface area contributed by atoms with Gasteiger partial charge in [-0.05, 0) is 42.3 Å². The third-order valence-corrected chi connectivity index (χ3v) is 7.27. The van der Waals surface area contributed by atoms with E-state index in [4.69, 9.17) is 11.6 Å². The van der Waals surface area contributed by atoms with Crippen molar-refractivity contribution in [3.8, 4) is 0 Å². The summed E-state index contributed by atoms with van der Waals surface area (Å²) in [6.07, 6.45) is 2.63. The predicted octanol–water partition coefficient (Wildman–Crippen LogP) is 5.49. The molecule has 1 atom stereocenters. The largest absolute Gasteiger partial charge is 0.338 e. The molecule has 2 aromatic carbocycles. The minimum atomic E-state index is -0.0955. The minimum Gasteiger partial charge on any atom is -0.338 e. The first kappa shape index (κ1) is 18.2. The van der Waals surface area contributed by atoms with Gasteiger partial charge in [0.05, 0.1) is 6.20 Å². The number of rotatable bonds is 2. The highest BCUT2D eigenvalue weighted by atomic mass is 79.9. The van der Waals surface area contributed by atoms with Gasteiger partial charge in [0.15, 0.2) is 5.13 Å². The SMILES string of the molecule is O=C(c1ccccc1)N1CCC2(C1)CN(c1ncc(Cl)s1)c1ccc(Br)cc12. The van der Waals surface area contributed by atoms with Gasteiger partial charge >= 0.3 is 0 Å². The highest BCUT2D eigenvalue weighted by molar-refractivity contribution is 9.10. The molecule has 3 aromatic rings. The summed E-state index contributed by atoms with van der Waals surface area (Å²) < 4.78 is 1.74. The fourth-order valence-corrected chi connectivity index (χ4v) is 5.62. The second-order valence-corrected chi connectivity index (χ2v) is 9.87. The maximum absolute atomic E-state index is 13.0. The number of hydrogen-bond acceptors (Lipinski definition) is 4. The van der Waals surface area contributed by atoms with Gasteiger partial charge in [-0.2, -0.15) is 0 Å². The van der Waals surface area contributed by atoms with Crippen LogP contribution in [-0.4, -0.2) is 35.4 Å². The van der Waals surface area contributed by atoms with E-state index < -0.39 is 0 Å². The molecule has 0 aliphatic carbocycles. The number of carbonyl (C=O) groups excluding carboxylic acids is 1. The Bertz CT molecular complexity index is 1060. The molecular weight excluding hydrogens is 458 g/mol. The standard InChI is InChI=1S/C21H17BrClN3OS/c22-15-6-7-17-16(10-15)21(13-26(17)20-24-11-18(23)28-20)8-9-25(12-21)19(27)14-4-2-1-3-5-14/h1-7,10-11H,8-9,12-13H2. The lowest BCUT2D eigenvalue weighted by molar-refractivity contribution is 0.0784. The van der Waals surface area contributed by atoms with Crippen LogP contribution in [-0.2, 0) is 5.41 Å². The number of fused-ring (bicyclic) bond motifs is 2. The number of aromatic nitrogens is 1. The van der Waals surface area contributed by atoms with Crippen LogP contribution >= 0.6 is 38.9 Å². The van der Waals surface area contributed by atoms with E-state index in [2.05, 4.69) is 44.0 Å². The van der Waals surface area contributed by atoms with Crippen LogP contribution in [0.4, 0.5) is 10.8 Å². The average molecular weight is 475 g/mol. The van der Waals surface area contributed by atoms with E-state index in [9.17, 15) is 4.79 Å². The monoisotopic (exact) mass is 473 g/mol. The lowest BCUT2D eigenvalue weighted by atomic mass is 9.81. The molecule has 1 spiro atoms. The smallest absolute Gasteiger partial charge is 0.253 e. The number of benzene rings is 2. The Balaban J connectivity index is 1.50. The molecule has 7 heteroatoms. The van der Waals surface area contributed by atoms with Gasteiger partial charge < -0.3 is 9.80 Å². The zero-order valence-electron chi connectivity index (χ0n) is 14.9. The second-order valence-electron chi connectivity index (χ2n) is 7.32. The van der Waals surface area contributed by atoms with Crippen molar-refractivity contribution in [1.29, 1.82) is 0 Å². The Morgan fingerprint density at radius 2 is 2.00 bits per heavy atom. The van der Waals surface area contributed by atoms with Crippen LogP contribution in [0.15, 0.2) is 59.2 Å². The zero-order chi connectivity index (χ0) is 19.3. The zero-order valence-corrected chi connectivity index (χ0v) is 18.1. The van der Waals surface area contributed by atoms with Crippen molar-refractivity contribution < 1.29 is 4.79 Å². The molecule has 142 valence electrons. The van der Waals surface area contributed by atoms with Gasteiger partial charge in [-0.1, -0.05) is 57.1 Å².